The van der Waals surface area contributed by atoms with E-state index in [9.17, 15) is 9.90 Å². The number of halogens is 3. The molecule has 0 amide bonds. The Balaban J connectivity index is -0.000000384. The molecule has 0 aliphatic heterocycles. The molecular formula is C20H25Br3MgO3. The van der Waals surface area contributed by atoms with Gasteiger partial charge in [-0.15, -0.1) is 0 Å². The number of rotatable bonds is 4. The molecule has 0 saturated carbocycles. The van der Waals surface area contributed by atoms with E-state index in [1.165, 1.54) is 7.11 Å². The van der Waals surface area contributed by atoms with Crippen LogP contribution < -0.4 is 17.0 Å². The maximum Gasteiger partial charge on any atom is 2.00 e. The summed E-state index contributed by atoms with van der Waals surface area (Å²) in [5, 5.41) is 9.57. The summed E-state index contributed by atoms with van der Waals surface area (Å²) in [6.45, 7) is 3.62. The van der Waals surface area contributed by atoms with Gasteiger partial charge in [0.1, 0.15) is 0 Å². The summed E-state index contributed by atoms with van der Waals surface area (Å²) >= 11 is 6.78. The van der Waals surface area contributed by atoms with Gasteiger partial charge in [-0.25, -0.2) is 0 Å². The van der Waals surface area contributed by atoms with Crippen molar-refractivity contribution in [1.82, 2.24) is 0 Å². The molecule has 0 aliphatic rings. The molecule has 7 heteroatoms. The van der Waals surface area contributed by atoms with Crippen molar-refractivity contribution in [2.75, 3.05) is 7.11 Å². The molecule has 0 fully saturated rings. The smallest absolute Gasteiger partial charge is 1.00 e. The van der Waals surface area contributed by atoms with Gasteiger partial charge in [0.05, 0.1) is 19.1 Å². The second-order valence-corrected chi connectivity index (χ2v) is 7.63. The molecule has 0 aliphatic carbocycles. The van der Waals surface area contributed by atoms with E-state index in [1.807, 2.05) is 62.4 Å². The molecule has 27 heavy (non-hydrogen) atoms. The first-order valence-corrected chi connectivity index (χ1v) is 9.07. The average molecular weight is 577 g/mol. The number of methoxy groups -OCH3 is 1. The third-order valence-corrected chi connectivity index (χ3v) is 4.65. The van der Waals surface area contributed by atoms with E-state index in [2.05, 4.69) is 36.6 Å². The van der Waals surface area contributed by atoms with Crippen molar-refractivity contribution in [3.05, 3.63) is 76.0 Å². The van der Waals surface area contributed by atoms with Crippen LogP contribution >= 0.6 is 31.9 Å². The van der Waals surface area contributed by atoms with Crippen LogP contribution in [0.15, 0.2) is 57.5 Å². The van der Waals surface area contributed by atoms with Crippen LogP contribution in [-0.2, 0) is 22.4 Å². The molecule has 1 N–H and O–H groups in total. The molecule has 2 aromatic rings. The zero-order valence-corrected chi connectivity index (χ0v) is 22.3. The minimum atomic E-state index is -0.635. The molecular weight excluding hydrogens is 552 g/mol. The first-order valence-electron chi connectivity index (χ1n) is 7.49. The Labute approximate surface area is 206 Å². The summed E-state index contributed by atoms with van der Waals surface area (Å²) in [4.78, 5) is 10.9. The second-order valence-electron chi connectivity index (χ2n) is 5.92. The summed E-state index contributed by atoms with van der Waals surface area (Å²) in [7, 11) is 1.39. The van der Waals surface area contributed by atoms with Crippen molar-refractivity contribution in [3.8, 4) is 0 Å². The molecule has 3 nitrogen and oxygen atoms in total. The fourth-order valence-electron chi connectivity index (χ4n) is 1.98. The van der Waals surface area contributed by atoms with Crippen molar-refractivity contribution in [3.63, 3.8) is 0 Å². The Morgan fingerprint density at radius 2 is 1.41 bits per heavy atom. The molecule has 146 valence electrons. The van der Waals surface area contributed by atoms with Crippen molar-refractivity contribution >= 4 is 60.9 Å². The largest absolute Gasteiger partial charge is 2.00 e. The number of carbonyl (C=O) groups is 1. The van der Waals surface area contributed by atoms with Crippen LogP contribution in [0.2, 0.25) is 0 Å². The fraction of sp³-hybridized carbons (Fsp3) is 0.300. The van der Waals surface area contributed by atoms with Gasteiger partial charge in [-0.2, -0.15) is 0 Å². The van der Waals surface area contributed by atoms with Crippen LogP contribution in [0.5, 0.6) is 0 Å². The summed E-state index contributed by atoms with van der Waals surface area (Å²) in [5.41, 5.74) is 1.46. The third-order valence-electron chi connectivity index (χ3n) is 3.10. The fourth-order valence-corrected chi connectivity index (χ4v) is 2.83. The minimum Gasteiger partial charge on any atom is -1.00 e. The number of benzene rings is 2. The van der Waals surface area contributed by atoms with Gasteiger partial charge in [0.15, 0.2) is 0 Å². The molecule has 0 aromatic heterocycles. The van der Waals surface area contributed by atoms with Gasteiger partial charge in [0, 0.05) is 15.4 Å². The molecule has 0 unspecified atom stereocenters. The monoisotopic (exact) mass is 574 g/mol. The predicted octanol–water partition coefficient (Wildman–Crippen LogP) is 2.00. The number of carbonyl (C=O) groups excluding carboxylic acids is 1. The van der Waals surface area contributed by atoms with Crippen LogP contribution in [0.4, 0.5) is 0 Å². The van der Waals surface area contributed by atoms with Crippen molar-refractivity contribution in [2.24, 2.45) is 0 Å². The van der Waals surface area contributed by atoms with Crippen molar-refractivity contribution in [2.45, 2.75) is 32.3 Å². The third kappa shape index (κ3) is 13.8. The Kier molecular flexibility index (Phi) is 18.7. The SMILES string of the molecule is CC(C)(O)Cc1ccccc1Br.COC(=O)Cc1ccccc1Br.[Br-].[CH3-].[Mg+2]. The Bertz CT molecular complexity index is 674. The quantitative estimate of drug-likeness (QED) is 0.344. The van der Waals surface area contributed by atoms with Gasteiger partial charge in [0.25, 0.3) is 0 Å². The van der Waals surface area contributed by atoms with Crippen molar-refractivity contribution < 1.29 is 31.6 Å². The first kappa shape index (κ1) is 31.8. The topological polar surface area (TPSA) is 46.5 Å². The van der Waals surface area contributed by atoms with E-state index in [0.29, 0.717) is 12.8 Å². The molecule has 2 aromatic carbocycles. The standard InChI is InChI=1S/C10H13BrO.C9H9BrO2.CH3.BrH.Mg/c1-10(2,12)7-8-5-3-4-6-9(8)11;1-12-9(11)6-7-4-2-3-5-8(7)10;;;/h3-6,12H,7H2,1-2H3;2-5H,6H2,1H3;1H3;1H;/q;;-1;;+2/p-1. The summed E-state index contributed by atoms with van der Waals surface area (Å²) in [6, 6.07) is 15.5. The minimum absolute atomic E-state index is 0. The Hall–Kier alpha value is 0.0762. The predicted molar refractivity (Wildman–Crippen MR) is 116 cm³/mol. The first-order chi connectivity index (χ1) is 11.2. The van der Waals surface area contributed by atoms with E-state index >= 15 is 0 Å². The van der Waals surface area contributed by atoms with Gasteiger partial charge in [-0.05, 0) is 37.1 Å². The van der Waals surface area contributed by atoms with E-state index in [1.54, 1.807) is 0 Å². The van der Waals surface area contributed by atoms with Crippen LogP contribution in [-0.4, -0.2) is 46.8 Å². The van der Waals surface area contributed by atoms with Crippen LogP contribution in [0.3, 0.4) is 0 Å². The number of ether oxygens (including phenoxy) is 1. The van der Waals surface area contributed by atoms with Crippen LogP contribution in [0.1, 0.15) is 25.0 Å². The number of esters is 1. The maximum absolute atomic E-state index is 10.9. The molecule has 0 bridgehead atoms. The molecule has 0 saturated heterocycles. The zero-order chi connectivity index (χ0) is 18.2. The second kappa shape index (κ2) is 15.9. The molecule has 2 rings (SSSR count). The van der Waals surface area contributed by atoms with Gasteiger partial charge in [0.2, 0.25) is 0 Å². The Morgan fingerprint density at radius 1 is 1.00 bits per heavy atom. The van der Waals surface area contributed by atoms with Gasteiger partial charge in [-0.1, -0.05) is 68.3 Å². The van der Waals surface area contributed by atoms with Crippen LogP contribution in [0.25, 0.3) is 0 Å². The number of aliphatic hydroxyl groups is 1. The van der Waals surface area contributed by atoms with Gasteiger partial charge in [-0.3, -0.25) is 4.79 Å². The molecule has 0 heterocycles. The number of hydrogen-bond acceptors (Lipinski definition) is 3. The summed E-state index contributed by atoms with van der Waals surface area (Å²) < 4.78 is 6.55. The maximum atomic E-state index is 10.9. The average Bonchev–Trinajstić information content (AvgIpc) is 2.51. The van der Waals surface area contributed by atoms with Gasteiger partial charge < -0.3 is 34.3 Å². The van der Waals surface area contributed by atoms with E-state index in [-0.39, 0.29) is 53.4 Å². The van der Waals surface area contributed by atoms with E-state index < -0.39 is 5.60 Å². The van der Waals surface area contributed by atoms with E-state index in [0.717, 1.165) is 20.1 Å². The van der Waals surface area contributed by atoms with Crippen molar-refractivity contribution in [1.29, 1.82) is 0 Å². The molecule has 0 spiro atoms. The number of hydrogen-bond donors (Lipinski definition) is 1. The van der Waals surface area contributed by atoms with Crippen LogP contribution in [0, 0.1) is 7.43 Å². The molecule has 0 atom stereocenters. The summed E-state index contributed by atoms with van der Waals surface area (Å²) in [5.74, 6) is -0.220. The summed E-state index contributed by atoms with van der Waals surface area (Å²) in [6.07, 6.45) is 0.992. The van der Waals surface area contributed by atoms with E-state index in [4.69, 9.17) is 0 Å². The molecule has 0 radical (unpaired) electrons. The van der Waals surface area contributed by atoms with Gasteiger partial charge >= 0.3 is 29.0 Å². The zero-order valence-electron chi connectivity index (χ0n) is 16.1. The normalized spacial score (nSPS) is 9.41. The Morgan fingerprint density at radius 3 is 1.78 bits per heavy atom.